The number of esters is 1. The molecule has 8 atom stereocenters. The third-order valence-electron chi connectivity index (χ3n) is 11.5. The van der Waals surface area contributed by atoms with Crippen molar-refractivity contribution in [2.24, 2.45) is 11.8 Å². The summed E-state index contributed by atoms with van der Waals surface area (Å²) in [6.07, 6.45) is 3.61. The molecule has 2 bridgehead atoms. The van der Waals surface area contributed by atoms with Gasteiger partial charge in [-0.2, -0.15) is 0 Å². The minimum Gasteiger partial charge on any atom is -0.497 e. The number of carbonyl (C=O) groups is 4. The van der Waals surface area contributed by atoms with Crippen LogP contribution in [-0.2, 0) is 35.1 Å². The summed E-state index contributed by atoms with van der Waals surface area (Å²) in [7, 11) is 3.24. The number of benzene rings is 3. The van der Waals surface area contributed by atoms with E-state index in [0.29, 0.717) is 36.3 Å². The molecule has 0 aromatic heterocycles. The zero-order valence-corrected chi connectivity index (χ0v) is 31.8. The van der Waals surface area contributed by atoms with Crippen molar-refractivity contribution in [1.82, 2.24) is 9.80 Å². The maximum Gasteiger partial charge on any atom is 0.313 e. The van der Waals surface area contributed by atoms with Gasteiger partial charge in [0, 0.05) is 25.7 Å². The fourth-order valence-corrected chi connectivity index (χ4v) is 8.65. The van der Waals surface area contributed by atoms with E-state index in [9.17, 15) is 14.7 Å². The van der Waals surface area contributed by atoms with E-state index in [-0.39, 0.29) is 25.3 Å². The van der Waals surface area contributed by atoms with Crippen LogP contribution in [0, 0.1) is 11.8 Å². The Balaban J connectivity index is 1.38. The van der Waals surface area contributed by atoms with E-state index in [4.69, 9.17) is 14.2 Å². The highest BCUT2D eigenvalue weighted by molar-refractivity contribution is 6.05. The Labute approximate surface area is 323 Å². The average molecular weight is 750 g/mol. The van der Waals surface area contributed by atoms with Crippen LogP contribution in [0.2, 0.25) is 0 Å². The van der Waals surface area contributed by atoms with Gasteiger partial charge in [-0.15, -0.1) is 13.2 Å². The van der Waals surface area contributed by atoms with Crippen molar-refractivity contribution in [2.75, 3.05) is 32.2 Å². The molecule has 290 valence electrons. The van der Waals surface area contributed by atoms with Crippen LogP contribution in [0.15, 0.2) is 110 Å². The number of allylic oxidation sites excluding steroid dienone is 1. The monoisotopic (exact) mass is 749 g/mol. The molecular weight excluding hydrogens is 698 g/mol. The Morgan fingerprint density at radius 1 is 1.02 bits per heavy atom. The fraction of sp³-hybridized carbons (Fsp3) is 0.409. The third kappa shape index (κ3) is 7.55. The molecule has 3 heterocycles. The highest BCUT2D eigenvalue weighted by Gasteiger charge is 2.75. The van der Waals surface area contributed by atoms with E-state index < -0.39 is 72.2 Å². The molecule has 3 aromatic carbocycles. The molecule has 1 N–H and O–H groups in total. The lowest BCUT2D eigenvalue weighted by molar-refractivity contribution is -0.165. The highest BCUT2D eigenvalue weighted by Crippen LogP contribution is 2.59. The van der Waals surface area contributed by atoms with Gasteiger partial charge in [-0.3, -0.25) is 19.2 Å². The summed E-state index contributed by atoms with van der Waals surface area (Å²) in [5.41, 5.74) is 0.780. The molecule has 3 amide bonds. The third-order valence-corrected chi connectivity index (χ3v) is 11.5. The van der Waals surface area contributed by atoms with Gasteiger partial charge in [-0.05, 0) is 68.0 Å². The number of nitrogens with zero attached hydrogens (tertiary/aromatic N) is 3. The van der Waals surface area contributed by atoms with Crippen LogP contribution in [-0.4, -0.2) is 95.7 Å². The van der Waals surface area contributed by atoms with E-state index >= 15 is 9.59 Å². The van der Waals surface area contributed by atoms with E-state index in [1.807, 2.05) is 67.6 Å². The average Bonchev–Trinajstić information content (AvgIpc) is 3.87. The molecule has 1 spiro atoms. The maximum atomic E-state index is 15.1. The lowest BCUT2D eigenvalue weighted by Gasteiger charge is -2.39. The summed E-state index contributed by atoms with van der Waals surface area (Å²) in [5.74, 6) is -3.05. The van der Waals surface area contributed by atoms with E-state index in [0.717, 1.165) is 5.56 Å². The molecule has 0 unspecified atom stereocenters. The van der Waals surface area contributed by atoms with E-state index in [1.54, 1.807) is 60.4 Å². The molecule has 55 heavy (non-hydrogen) atoms. The smallest absolute Gasteiger partial charge is 0.313 e. The minimum atomic E-state index is -1.36. The van der Waals surface area contributed by atoms with Crippen molar-refractivity contribution < 1.29 is 38.5 Å². The van der Waals surface area contributed by atoms with Crippen LogP contribution in [0.3, 0.4) is 0 Å². The molecule has 3 saturated heterocycles. The first-order chi connectivity index (χ1) is 26.6. The van der Waals surface area contributed by atoms with Crippen molar-refractivity contribution in [2.45, 2.75) is 75.0 Å². The maximum absolute atomic E-state index is 15.1. The first-order valence-corrected chi connectivity index (χ1v) is 18.9. The number of fused-ring (bicyclic) bond motifs is 1. The van der Waals surface area contributed by atoms with Crippen molar-refractivity contribution in [1.29, 1.82) is 0 Å². The molecule has 3 fully saturated rings. The standard InChI is InChI=1S/C44H51N3O8/c1-6-8-19-36(49)45(4)29(3)39(31-17-13-10-14-18-31)54-43(52)37-35-24-25-44(55-35)38(37)41(50)47(33(28-48)27-30-15-11-9-12-16-30)40(44)42(51)46(26-7-2)32-20-22-34(53-5)23-21-32/h6-7,9-18,20-23,29,33,35,37-40,48H,1-2,8,19,24-28H2,3-5H3/t29-,33+,35+,37-,38-,39+,40+,44-/m0/s1. The lowest BCUT2D eigenvalue weighted by atomic mass is 9.70. The zero-order valence-electron chi connectivity index (χ0n) is 31.8. The number of likely N-dealkylation sites (N-methyl/N-ethyl adjacent to an activating group) is 1. The Bertz CT molecular complexity index is 1850. The zero-order chi connectivity index (χ0) is 39.3. The summed E-state index contributed by atoms with van der Waals surface area (Å²) in [6, 6.07) is 23.2. The van der Waals surface area contributed by atoms with Gasteiger partial charge in [0.2, 0.25) is 11.8 Å². The molecule has 3 aromatic rings. The second-order valence-electron chi connectivity index (χ2n) is 14.6. The first kappa shape index (κ1) is 39.4. The number of methoxy groups -OCH3 is 1. The van der Waals surface area contributed by atoms with Crippen molar-refractivity contribution in [3.8, 4) is 5.75 Å². The van der Waals surface area contributed by atoms with E-state index in [2.05, 4.69) is 13.2 Å². The Morgan fingerprint density at radius 2 is 1.69 bits per heavy atom. The van der Waals surface area contributed by atoms with Crippen molar-refractivity contribution >= 4 is 29.4 Å². The van der Waals surface area contributed by atoms with Crippen LogP contribution < -0.4 is 9.64 Å². The lowest BCUT2D eigenvalue weighted by Crippen LogP contribution is -2.59. The second-order valence-corrected chi connectivity index (χ2v) is 14.6. The van der Waals surface area contributed by atoms with Gasteiger partial charge >= 0.3 is 5.97 Å². The number of aliphatic hydroxyl groups is 1. The van der Waals surface area contributed by atoms with Gasteiger partial charge in [-0.25, -0.2) is 0 Å². The summed E-state index contributed by atoms with van der Waals surface area (Å²) in [6.45, 7) is 9.17. The molecule has 3 aliphatic rings. The predicted molar refractivity (Wildman–Crippen MR) is 208 cm³/mol. The quantitative estimate of drug-likeness (QED) is 0.146. The largest absolute Gasteiger partial charge is 0.497 e. The number of rotatable bonds is 17. The SMILES string of the molecule is C=CCCC(=O)N(C)[C@@H](C)[C@@H](OC(=O)[C@@H]1[C@H]2C(=O)N([C@@H](CO)Cc3ccccc3)[C@H](C(=O)N(CC=C)c3ccc(OC)cc3)[C@]23CC[C@H]1O3)c1ccccc1. The van der Waals surface area contributed by atoms with Crippen LogP contribution in [0.4, 0.5) is 5.69 Å². The molecule has 0 radical (unpaired) electrons. The first-order valence-electron chi connectivity index (χ1n) is 18.9. The number of ether oxygens (including phenoxy) is 3. The van der Waals surface area contributed by atoms with Crippen LogP contribution in [0.25, 0.3) is 0 Å². The van der Waals surface area contributed by atoms with Crippen molar-refractivity contribution in [3.05, 3.63) is 121 Å². The number of carbonyl (C=O) groups excluding carboxylic acids is 4. The highest BCUT2D eigenvalue weighted by atomic mass is 16.6. The van der Waals surface area contributed by atoms with Gasteiger partial charge < -0.3 is 34.0 Å². The molecule has 3 aliphatic heterocycles. The summed E-state index contributed by atoms with van der Waals surface area (Å²) < 4.78 is 18.5. The van der Waals surface area contributed by atoms with Gasteiger partial charge in [-0.1, -0.05) is 72.8 Å². The van der Waals surface area contributed by atoms with Crippen LogP contribution in [0.5, 0.6) is 5.75 Å². The molecule has 11 heteroatoms. The van der Waals surface area contributed by atoms with Gasteiger partial charge in [0.05, 0.1) is 43.7 Å². The second kappa shape index (κ2) is 17.0. The number of aliphatic hydroxyl groups excluding tert-OH is 1. The minimum absolute atomic E-state index is 0.121. The molecule has 0 aliphatic carbocycles. The Hall–Kier alpha value is -5.26. The molecule has 11 nitrogen and oxygen atoms in total. The van der Waals surface area contributed by atoms with Crippen molar-refractivity contribution in [3.63, 3.8) is 0 Å². The Morgan fingerprint density at radius 3 is 2.31 bits per heavy atom. The van der Waals surface area contributed by atoms with E-state index in [1.165, 1.54) is 4.90 Å². The Kier molecular flexibility index (Phi) is 12.2. The summed E-state index contributed by atoms with van der Waals surface area (Å²) in [5, 5.41) is 10.9. The van der Waals surface area contributed by atoms with Gasteiger partial charge in [0.15, 0.2) is 0 Å². The molecule has 0 saturated carbocycles. The number of amides is 3. The summed E-state index contributed by atoms with van der Waals surface area (Å²) in [4.78, 5) is 62.5. The van der Waals surface area contributed by atoms with Gasteiger partial charge in [0.1, 0.15) is 23.5 Å². The fourth-order valence-electron chi connectivity index (χ4n) is 8.65. The normalized spacial score (nSPS) is 24.0. The topological polar surface area (TPSA) is 126 Å². The van der Waals surface area contributed by atoms with Crippen LogP contribution in [0.1, 0.15) is 49.8 Å². The summed E-state index contributed by atoms with van der Waals surface area (Å²) >= 11 is 0. The number of hydrogen-bond acceptors (Lipinski definition) is 8. The number of likely N-dealkylation sites (tertiary alicyclic amines) is 1. The number of hydrogen-bond donors (Lipinski definition) is 1. The molecular formula is C44H51N3O8. The molecule has 6 rings (SSSR count). The number of anilines is 1. The predicted octanol–water partition coefficient (Wildman–Crippen LogP) is 5.29. The van der Waals surface area contributed by atoms with Crippen LogP contribution >= 0.6 is 0 Å². The van der Waals surface area contributed by atoms with Gasteiger partial charge in [0.25, 0.3) is 5.91 Å².